The molecule has 0 unspecified atom stereocenters. The highest BCUT2D eigenvalue weighted by atomic mass is 19.3. The molecule has 2 heterocycles. The van der Waals surface area contributed by atoms with Crippen LogP contribution in [0.25, 0.3) is 0 Å². The highest BCUT2D eigenvalue weighted by Crippen LogP contribution is 2.55. The van der Waals surface area contributed by atoms with Crippen LogP contribution in [0.3, 0.4) is 0 Å². The van der Waals surface area contributed by atoms with E-state index in [4.69, 9.17) is 10.1 Å². The lowest BCUT2D eigenvalue weighted by molar-refractivity contribution is -0.137. The minimum atomic E-state index is -2.91. The Kier molecular flexibility index (Phi) is 4.04. The van der Waals surface area contributed by atoms with E-state index in [-0.39, 0.29) is 24.5 Å². The number of nitrogens with zero attached hydrogens (tertiary/aromatic N) is 4. The second-order valence-electron chi connectivity index (χ2n) is 8.92. The van der Waals surface area contributed by atoms with Crippen molar-refractivity contribution >= 4 is 17.7 Å². The number of carboxylic acid groups (broad SMARTS) is 1. The van der Waals surface area contributed by atoms with Gasteiger partial charge in [-0.2, -0.15) is 13.8 Å². The molecule has 1 aliphatic heterocycles. The summed E-state index contributed by atoms with van der Waals surface area (Å²) in [5.41, 5.74) is 0.505. The van der Waals surface area contributed by atoms with Gasteiger partial charge in [0.05, 0.1) is 0 Å². The quantitative estimate of drug-likeness (QED) is 0.831. The van der Waals surface area contributed by atoms with Gasteiger partial charge in [0.1, 0.15) is 11.5 Å². The van der Waals surface area contributed by atoms with Gasteiger partial charge in [-0.3, -0.25) is 4.79 Å². The average molecular weight is 392 g/mol. The van der Waals surface area contributed by atoms with Crippen molar-refractivity contribution in [1.29, 1.82) is 0 Å². The van der Waals surface area contributed by atoms with Gasteiger partial charge in [0.2, 0.25) is 5.95 Å². The number of piperidine rings is 1. The normalized spacial score (nSPS) is 30.4. The van der Waals surface area contributed by atoms with Crippen molar-refractivity contribution in [3.63, 3.8) is 0 Å². The molecule has 6 nitrogen and oxygen atoms in total. The molecule has 1 aromatic rings. The largest absolute Gasteiger partial charge is 0.481 e. The number of alkyl halides is 2. The predicted molar refractivity (Wildman–Crippen MR) is 99.8 cm³/mol. The summed E-state index contributed by atoms with van der Waals surface area (Å²) < 4.78 is 29.4. The molecule has 0 spiro atoms. The van der Waals surface area contributed by atoms with Gasteiger partial charge in [-0.1, -0.05) is 0 Å². The molecule has 3 atom stereocenters. The average Bonchev–Trinajstić information content (AvgIpc) is 3.01. The molecule has 8 heteroatoms. The van der Waals surface area contributed by atoms with Crippen molar-refractivity contribution in [2.45, 2.75) is 56.9 Å². The summed E-state index contributed by atoms with van der Waals surface area (Å²) in [7, 11) is 1.90. The van der Waals surface area contributed by atoms with Crippen LogP contribution >= 0.6 is 0 Å². The number of anilines is 2. The second kappa shape index (κ2) is 6.26. The van der Waals surface area contributed by atoms with E-state index in [1.807, 2.05) is 11.9 Å². The van der Waals surface area contributed by atoms with Gasteiger partial charge >= 0.3 is 5.97 Å². The van der Waals surface area contributed by atoms with Crippen LogP contribution in [0.4, 0.5) is 20.5 Å². The molecule has 1 aromatic heterocycles. The first kappa shape index (κ1) is 18.1. The molecule has 0 amide bonds. The third-order valence-corrected chi connectivity index (χ3v) is 7.26. The molecule has 152 valence electrons. The first-order valence-electron chi connectivity index (χ1n) is 10.3. The summed E-state index contributed by atoms with van der Waals surface area (Å²) in [6.07, 6.45) is 4.33. The summed E-state index contributed by atoms with van der Waals surface area (Å²) in [5, 5.41) is 9.03. The minimum absolute atomic E-state index is 0.0902. The van der Waals surface area contributed by atoms with Crippen LogP contribution in [0.2, 0.25) is 0 Å². The van der Waals surface area contributed by atoms with Crippen molar-refractivity contribution < 1.29 is 18.7 Å². The molecule has 0 radical (unpaired) electrons. The SMILES string of the molecule is CN(c1nc(N2C[C@@H]3[C@@H](CC(=O)O)[C@@H]3C2)c2c(n1)C(F)(F)CCC2)C1CCC1. The van der Waals surface area contributed by atoms with E-state index in [2.05, 4.69) is 9.88 Å². The highest BCUT2D eigenvalue weighted by Gasteiger charge is 2.57. The fourth-order valence-corrected chi connectivity index (χ4v) is 5.28. The number of hydrogen-bond donors (Lipinski definition) is 1. The maximum Gasteiger partial charge on any atom is 0.303 e. The third-order valence-electron chi connectivity index (χ3n) is 7.26. The standard InChI is InChI=1S/C20H26F2N4O2/c1-25(11-4-2-5-11)19-23-17-12(6-3-7-20(17,21)22)18(24-19)26-9-14-13(8-16(27)28)15(14)10-26/h11,13-15H,2-10H2,1H3,(H,27,28)/t13-,14-,15+. The van der Waals surface area contributed by atoms with Crippen LogP contribution in [0.15, 0.2) is 0 Å². The molecule has 3 aliphatic carbocycles. The molecule has 28 heavy (non-hydrogen) atoms. The van der Waals surface area contributed by atoms with Crippen molar-refractivity contribution in [2.75, 3.05) is 29.9 Å². The molecule has 2 saturated carbocycles. The number of halogens is 2. The summed E-state index contributed by atoms with van der Waals surface area (Å²) in [4.78, 5) is 24.2. The van der Waals surface area contributed by atoms with Crippen LogP contribution in [0.5, 0.6) is 0 Å². The van der Waals surface area contributed by atoms with Crippen molar-refractivity contribution in [1.82, 2.24) is 9.97 Å². The number of carboxylic acids is 1. The van der Waals surface area contributed by atoms with E-state index < -0.39 is 11.9 Å². The summed E-state index contributed by atoms with van der Waals surface area (Å²) >= 11 is 0. The lowest BCUT2D eigenvalue weighted by Gasteiger charge is -2.37. The minimum Gasteiger partial charge on any atom is -0.481 e. The number of fused-ring (bicyclic) bond motifs is 2. The lowest BCUT2D eigenvalue weighted by atomic mass is 9.91. The van der Waals surface area contributed by atoms with E-state index >= 15 is 0 Å². The van der Waals surface area contributed by atoms with Crippen molar-refractivity contribution in [3.05, 3.63) is 11.3 Å². The number of hydrogen-bond acceptors (Lipinski definition) is 5. The molecule has 3 fully saturated rings. The second-order valence-corrected chi connectivity index (χ2v) is 8.92. The molecule has 4 aliphatic rings. The van der Waals surface area contributed by atoms with Crippen molar-refractivity contribution in [3.8, 4) is 0 Å². The van der Waals surface area contributed by atoms with E-state index in [1.165, 1.54) is 0 Å². The van der Waals surface area contributed by atoms with Crippen LogP contribution in [0, 0.1) is 17.8 Å². The van der Waals surface area contributed by atoms with E-state index in [9.17, 15) is 13.6 Å². The lowest BCUT2D eigenvalue weighted by Crippen LogP contribution is -2.39. The number of carbonyl (C=O) groups is 1. The number of aromatic nitrogens is 2. The Hall–Kier alpha value is -1.99. The van der Waals surface area contributed by atoms with Gasteiger partial charge in [0.25, 0.3) is 5.92 Å². The summed E-state index contributed by atoms with van der Waals surface area (Å²) in [5.74, 6) is -1.68. The van der Waals surface area contributed by atoms with Crippen LogP contribution in [-0.4, -0.2) is 47.2 Å². The Morgan fingerprint density at radius 3 is 2.57 bits per heavy atom. The Labute approximate surface area is 162 Å². The Morgan fingerprint density at radius 1 is 1.25 bits per heavy atom. The van der Waals surface area contributed by atoms with Gasteiger partial charge < -0.3 is 14.9 Å². The molecular weight excluding hydrogens is 366 g/mol. The molecule has 5 rings (SSSR count). The fraction of sp³-hybridized carbons (Fsp3) is 0.750. The van der Waals surface area contributed by atoms with Crippen LogP contribution in [-0.2, 0) is 17.1 Å². The molecular formula is C20H26F2N4O2. The zero-order valence-corrected chi connectivity index (χ0v) is 16.1. The van der Waals surface area contributed by atoms with E-state index in [1.54, 1.807) is 0 Å². The zero-order chi connectivity index (χ0) is 19.6. The summed E-state index contributed by atoms with van der Waals surface area (Å²) in [6, 6.07) is 0.329. The Morgan fingerprint density at radius 2 is 1.96 bits per heavy atom. The van der Waals surface area contributed by atoms with Gasteiger partial charge in [-0.05, 0) is 49.9 Å². The first-order chi connectivity index (χ1) is 13.3. The predicted octanol–water partition coefficient (Wildman–Crippen LogP) is 3.05. The third kappa shape index (κ3) is 2.83. The van der Waals surface area contributed by atoms with Gasteiger partial charge in [0, 0.05) is 44.6 Å². The number of aliphatic carboxylic acids is 1. The number of rotatable bonds is 5. The van der Waals surface area contributed by atoms with E-state index in [0.29, 0.717) is 61.1 Å². The highest BCUT2D eigenvalue weighted by molar-refractivity contribution is 5.68. The fourth-order valence-electron chi connectivity index (χ4n) is 5.28. The van der Waals surface area contributed by atoms with Crippen molar-refractivity contribution in [2.24, 2.45) is 17.8 Å². The zero-order valence-electron chi connectivity index (χ0n) is 16.1. The van der Waals surface area contributed by atoms with Gasteiger partial charge in [-0.25, -0.2) is 4.98 Å². The maximum absolute atomic E-state index is 14.7. The van der Waals surface area contributed by atoms with Gasteiger partial charge in [-0.15, -0.1) is 0 Å². The maximum atomic E-state index is 14.7. The molecule has 0 aromatic carbocycles. The first-order valence-corrected chi connectivity index (χ1v) is 10.3. The van der Waals surface area contributed by atoms with Gasteiger partial charge in [0.15, 0.2) is 0 Å². The topological polar surface area (TPSA) is 69.6 Å². The van der Waals surface area contributed by atoms with Crippen LogP contribution in [0.1, 0.15) is 49.8 Å². The molecule has 1 N–H and O–H groups in total. The monoisotopic (exact) mass is 392 g/mol. The summed E-state index contributed by atoms with van der Waals surface area (Å²) in [6.45, 7) is 1.43. The Balaban J connectivity index is 1.46. The Bertz CT molecular complexity index is 802. The van der Waals surface area contributed by atoms with E-state index in [0.717, 1.165) is 19.3 Å². The smallest absolute Gasteiger partial charge is 0.303 e. The molecule has 0 bridgehead atoms. The molecule has 1 saturated heterocycles. The van der Waals surface area contributed by atoms with Crippen LogP contribution < -0.4 is 9.80 Å².